The van der Waals surface area contributed by atoms with E-state index in [9.17, 15) is 4.79 Å². The molecule has 0 saturated heterocycles. The lowest BCUT2D eigenvalue weighted by molar-refractivity contribution is 0.102. The van der Waals surface area contributed by atoms with Crippen LogP contribution in [-0.2, 0) is 0 Å². The van der Waals surface area contributed by atoms with Crippen LogP contribution in [0.3, 0.4) is 0 Å². The van der Waals surface area contributed by atoms with Gasteiger partial charge < -0.3 is 4.74 Å². The number of tetrazole rings is 1. The molecule has 146 valence electrons. The summed E-state index contributed by atoms with van der Waals surface area (Å²) in [5.74, 6) is 0.544. The number of nitrogens with zero attached hydrogens (tertiary/aromatic N) is 5. The molecule has 0 spiro atoms. The van der Waals surface area contributed by atoms with E-state index in [1.807, 2.05) is 49.6 Å². The first-order valence-corrected chi connectivity index (χ1v) is 9.86. The molecule has 0 aliphatic rings. The van der Waals surface area contributed by atoms with Gasteiger partial charge in [0, 0.05) is 16.5 Å². The highest BCUT2D eigenvalue weighted by Gasteiger charge is 2.14. The zero-order valence-corrected chi connectivity index (χ0v) is 16.7. The molecular weight excluding hydrogens is 388 g/mol. The Kier molecular flexibility index (Phi) is 5.30. The van der Waals surface area contributed by atoms with Crippen molar-refractivity contribution < 1.29 is 9.53 Å². The lowest BCUT2D eigenvalue weighted by atomic mass is 10.1. The standard InChI is InChI=1S/C20H18N6O2S/c1-3-28-18-7-5-4-6-15(18)16-11-29-20(22-16)23-19(27)14-8-9-17(13(2)10-14)26-12-21-24-25-26/h4-12H,3H2,1-2H3,(H,22,23,27). The maximum Gasteiger partial charge on any atom is 0.257 e. The van der Waals surface area contributed by atoms with Gasteiger partial charge in [0.25, 0.3) is 5.91 Å². The summed E-state index contributed by atoms with van der Waals surface area (Å²) in [6.07, 6.45) is 1.51. The van der Waals surface area contributed by atoms with Gasteiger partial charge in [-0.2, -0.15) is 0 Å². The van der Waals surface area contributed by atoms with Crippen molar-refractivity contribution in [2.75, 3.05) is 11.9 Å². The number of amides is 1. The number of aryl methyl sites for hydroxylation is 1. The summed E-state index contributed by atoms with van der Waals surface area (Å²) < 4.78 is 7.22. The van der Waals surface area contributed by atoms with Gasteiger partial charge >= 0.3 is 0 Å². The Hall–Kier alpha value is -3.59. The largest absolute Gasteiger partial charge is 0.493 e. The van der Waals surface area contributed by atoms with Crippen molar-refractivity contribution in [3.8, 4) is 22.7 Å². The lowest BCUT2D eigenvalue weighted by Crippen LogP contribution is -2.12. The minimum absolute atomic E-state index is 0.227. The Balaban J connectivity index is 1.52. The SMILES string of the molecule is CCOc1ccccc1-c1csc(NC(=O)c2ccc(-n3cnnn3)c(C)c2)n1. The molecule has 2 aromatic heterocycles. The van der Waals surface area contributed by atoms with Crippen LogP contribution in [0.25, 0.3) is 16.9 Å². The van der Waals surface area contributed by atoms with Crippen molar-refractivity contribution in [1.29, 1.82) is 0 Å². The van der Waals surface area contributed by atoms with Gasteiger partial charge in [0.1, 0.15) is 12.1 Å². The number of carbonyl (C=O) groups is 1. The van der Waals surface area contributed by atoms with E-state index in [1.54, 1.807) is 16.8 Å². The van der Waals surface area contributed by atoms with E-state index in [0.717, 1.165) is 28.3 Å². The summed E-state index contributed by atoms with van der Waals surface area (Å²) in [5.41, 5.74) is 3.89. The highest BCUT2D eigenvalue weighted by Crippen LogP contribution is 2.32. The monoisotopic (exact) mass is 406 g/mol. The molecule has 0 bridgehead atoms. The van der Waals surface area contributed by atoms with Gasteiger partial charge in [-0.05, 0) is 60.2 Å². The number of anilines is 1. The van der Waals surface area contributed by atoms with Crippen LogP contribution < -0.4 is 10.1 Å². The fourth-order valence-corrected chi connectivity index (χ4v) is 3.61. The zero-order valence-electron chi connectivity index (χ0n) is 15.9. The maximum atomic E-state index is 12.7. The van der Waals surface area contributed by atoms with Crippen LogP contribution in [0.1, 0.15) is 22.8 Å². The van der Waals surface area contributed by atoms with Crippen LogP contribution in [0.15, 0.2) is 54.2 Å². The van der Waals surface area contributed by atoms with Gasteiger partial charge in [-0.1, -0.05) is 12.1 Å². The summed E-state index contributed by atoms with van der Waals surface area (Å²) in [7, 11) is 0. The average Bonchev–Trinajstić information content (AvgIpc) is 3.41. The fourth-order valence-electron chi connectivity index (χ4n) is 2.91. The molecule has 1 N–H and O–H groups in total. The van der Waals surface area contributed by atoms with E-state index >= 15 is 0 Å². The molecule has 8 nitrogen and oxygen atoms in total. The maximum absolute atomic E-state index is 12.7. The summed E-state index contributed by atoms with van der Waals surface area (Å²) in [5, 5.41) is 16.4. The molecule has 4 rings (SSSR count). The topological polar surface area (TPSA) is 94.8 Å². The molecule has 0 fully saturated rings. The van der Waals surface area contributed by atoms with Crippen molar-refractivity contribution in [1.82, 2.24) is 25.2 Å². The molecule has 2 aromatic carbocycles. The summed E-state index contributed by atoms with van der Waals surface area (Å²) in [4.78, 5) is 17.2. The van der Waals surface area contributed by atoms with Crippen molar-refractivity contribution in [3.63, 3.8) is 0 Å². The number of benzene rings is 2. The van der Waals surface area contributed by atoms with Gasteiger partial charge in [0.15, 0.2) is 5.13 Å². The van der Waals surface area contributed by atoms with Crippen molar-refractivity contribution in [2.45, 2.75) is 13.8 Å². The minimum atomic E-state index is -0.227. The Bertz CT molecular complexity index is 1140. The van der Waals surface area contributed by atoms with Crippen molar-refractivity contribution in [2.24, 2.45) is 0 Å². The van der Waals surface area contributed by atoms with E-state index in [0.29, 0.717) is 17.3 Å². The van der Waals surface area contributed by atoms with Gasteiger partial charge in [0.05, 0.1) is 18.0 Å². The van der Waals surface area contributed by atoms with Gasteiger partial charge in [0.2, 0.25) is 0 Å². The molecule has 4 aromatic rings. The van der Waals surface area contributed by atoms with Crippen LogP contribution in [0.4, 0.5) is 5.13 Å². The molecule has 2 heterocycles. The van der Waals surface area contributed by atoms with Crippen LogP contribution in [0.5, 0.6) is 5.75 Å². The highest BCUT2D eigenvalue weighted by atomic mass is 32.1. The number of rotatable bonds is 6. The second kappa shape index (κ2) is 8.19. The molecular formula is C20H18N6O2S. The third kappa shape index (κ3) is 3.99. The predicted molar refractivity (Wildman–Crippen MR) is 111 cm³/mol. The number of hydrogen-bond acceptors (Lipinski definition) is 7. The molecule has 0 saturated carbocycles. The number of thiazole rings is 1. The Morgan fingerprint density at radius 1 is 1.24 bits per heavy atom. The Morgan fingerprint density at radius 2 is 2.10 bits per heavy atom. The number of carbonyl (C=O) groups excluding carboxylic acids is 1. The number of hydrogen-bond donors (Lipinski definition) is 1. The predicted octanol–water partition coefficient (Wildman–Crippen LogP) is 3.75. The molecule has 0 atom stereocenters. The van der Waals surface area contributed by atoms with Gasteiger partial charge in [-0.25, -0.2) is 9.67 Å². The van der Waals surface area contributed by atoms with Crippen LogP contribution in [0, 0.1) is 6.92 Å². The number of aromatic nitrogens is 5. The lowest BCUT2D eigenvalue weighted by Gasteiger charge is -2.08. The second-order valence-corrected chi connectivity index (χ2v) is 7.03. The molecule has 0 aliphatic heterocycles. The fraction of sp³-hybridized carbons (Fsp3) is 0.150. The average molecular weight is 406 g/mol. The zero-order chi connectivity index (χ0) is 20.2. The number of para-hydroxylation sites is 1. The first-order chi connectivity index (χ1) is 14.2. The van der Waals surface area contributed by atoms with E-state index in [-0.39, 0.29) is 5.91 Å². The molecule has 0 aliphatic carbocycles. The molecule has 29 heavy (non-hydrogen) atoms. The van der Waals surface area contributed by atoms with E-state index < -0.39 is 0 Å². The quantitative estimate of drug-likeness (QED) is 0.524. The third-order valence-electron chi connectivity index (χ3n) is 4.24. The molecule has 0 radical (unpaired) electrons. The summed E-state index contributed by atoms with van der Waals surface area (Å²) >= 11 is 1.37. The van der Waals surface area contributed by atoms with E-state index in [4.69, 9.17) is 4.74 Å². The minimum Gasteiger partial charge on any atom is -0.493 e. The summed E-state index contributed by atoms with van der Waals surface area (Å²) in [6.45, 7) is 4.42. The Labute approximate surface area is 171 Å². The van der Waals surface area contributed by atoms with E-state index in [2.05, 4.69) is 25.8 Å². The number of nitrogens with one attached hydrogen (secondary N) is 1. The molecule has 1 amide bonds. The van der Waals surface area contributed by atoms with Gasteiger partial charge in [-0.15, -0.1) is 16.4 Å². The van der Waals surface area contributed by atoms with Crippen molar-refractivity contribution >= 4 is 22.4 Å². The molecule has 9 heteroatoms. The highest BCUT2D eigenvalue weighted by molar-refractivity contribution is 7.14. The first-order valence-electron chi connectivity index (χ1n) is 8.99. The second-order valence-electron chi connectivity index (χ2n) is 6.18. The summed E-state index contributed by atoms with van der Waals surface area (Å²) in [6, 6.07) is 13.1. The van der Waals surface area contributed by atoms with Crippen LogP contribution in [-0.4, -0.2) is 37.7 Å². The van der Waals surface area contributed by atoms with Crippen LogP contribution >= 0.6 is 11.3 Å². The smallest absolute Gasteiger partial charge is 0.257 e. The molecule has 0 unspecified atom stereocenters. The number of ether oxygens (including phenoxy) is 1. The normalized spacial score (nSPS) is 10.7. The first kappa shape index (κ1) is 18.8. The third-order valence-corrected chi connectivity index (χ3v) is 5.00. The Morgan fingerprint density at radius 3 is 2.86 bits per heavy atom. The van der Waals surface area contributed by atoms with Crippen LogP contribution in [0.2, 0.25) is 0 Å². The van der Waals surface area contributed by atoms with E-state index in [1.165, 1.54) is 17.7 Å². The van der Waals surface area contributed by atoms with Crippen molar-refractivity contribution in [3.05, 3.63) is 65.3 Å². The van der Waals surface area contributed by atoms with Gasteiger partial charge in [-0.3, -0.25) is 10.1 Å².